The molecule has 0 aliphatic carbocycles. The van der Waals surface area contributed by atoms with E-state index in [1.165, 1.54) is 10.5 Å². The van der Waals surface area contributed by atoms with Gasteiger partial charge in [0.2, 0.25) is 5.91 Å². The molecule has 0 fully saturated rings. The van der Waals surface area contributed by atoms with Crippen LogP contribution in [0.3, 0.4) is 0 Å². The summed E-state index contributed by atoms with van der Waals surface area (Å²) in [5.74, 6) is -0.117. The quantitative estimate of drug-likeness (QED) is 0.874. The fraction of sp³-hybridized carbons (Fsp3) is 0.421. The molecular formula is C19H26N4O2. The van der Waals surface area contributed by atoms with Gasteiger partial charge in [0.1, 0.15) is 6.54 Å². The number of carbonyl (C=O) groups excluding carboxylic acids is 2. The van der Waals surface area contributed by atoms with E-state index in [1.807, 2.05) is 26.0 Å². The second kappa shape index (κ2) is 7.96. The van der Waals surface area contributed by atoms with Gasteiger partial charge in [-0.05, 0) is 43.5 Å². The fourth-order valence-electron chi connectivity index (χ4n) is 2.82. The third-order valence-electron chi connectivity index (χ3n) is 4.28. The number of benzene rings is 1. The van der Waals surface area contributed by atoms with Gasteiger partial charge in [-0.3, -0.25) is 14.3 Å². The summed E-state index contributed by atoms with van der Waals surface area (Å²) < 4.78 is 1.75. The average molecular weight is 342 g/mol. The van der Waals surface area contributed by atoms with Crippen LogP contribution in [-0.4, -0.2) is 40.6 Å². The molecule has 0 unspecified atom stereocenters. The van der Waals surface area contributed by atoms with E-state index in [9.17, 15) is 9.59 Å². The smallest absolute Gasteiger partial charge is 0.253 e. The summed E-state index contributed by atoms with van der Waals surface area (Å²) in [6.45, 7) is 6.69. The summed E-state index contributed by atoms with van der Waals surface area (Å²) in [7, 11) is 3.44. The lowest BCUT2D eigenvalue weighted by atomic mass is 10.1. The molecule has 2 aromatic rings. The summed E-state index contributed by atoms with van der Waals surface area (Å²) in [5, 5.41) is 7.33. The normalized spacial score (nSPS) is 10.6. The summed E-state index contributed by atoms with van der Waals surface area (Å²) in [6, 6.07) is 7.27. The topological polar surface area (TPSA) is 67.2 Å². The first-order valence-electron chi connectivity index (χ1n) is 8.43. The van der Waals surface area contributed by atoms with E-state index in [-0.39, 0.29) is 18.4 Å². The zero-order valence-corrected chi connectivity index (χ0v) is 15.6. The van der Waals surface area contributed by atoms with Gasteiger partial charge in [-0.2, -0.15) is 5.10 Å². The number of hydrogen-bond acceptors (Lipinski definition) is 3. The highest BCUT2D eigenvalue weighted by Gasteiger charge is 2.12. The second-order valence-electron chi connectivity index (χ2n) is 6.33. The van der Waals surface area contributed by atoms with Gasteiger partial charge < -0.3 is 10.2 Å². The average Bonchev–Trinajstić information content (AvgIpc) is 2.85. The van der Waals surface area contributed by atoms with Crippen molar-refractivity contribution in [3.05, 3.63) is 52.3 Å². The minimum absolute atomic E-state index is 0.0353. The van der Waals surface area contributed by atoms with Crippen LogP contribution in [0.1, 0.15) is 39.8 Å². The molecule has 134 valence electrons. The predicted octanol–water partition coefficient (Wildman–Crippen LogP) is 2.08. The maximum Gasteiger partial charge on any atom is 0.253 e. The van der Waals surface area contributed by atoms with E-state index in [0.717, 1.165) is 23.4 Å². The number of amides is 2. The van der Waals surface area contributed by atoms with Crippen LogP contribution in [0.2, 0.25) is 0 Å². The van der Waals surface area contributed by atoms with Crippen LogP contribution < -0.4 is 5.32 Å². The third-order valence-corrected chi connectivity index (χ3v) is 4.28. The molecule has 1 aromatic heterocycles. The summed E-state index contributed by atoms with van der Waals surface area (Å²) in [4.78, 5) is 25.6. The van der Waals surface area contributed by atoms with Crippen LogP contribution in [-0.2, 0) is 24.3 Å². The summed E-state index contributed by atoms with van der Waals surface area (Å²) >= 11 is 0. The molecule has 25 heavy (non-hydrogen) atoms. The van der Waals surface area contributed by atoms with Crippen LogP contribution in [0.4, 0.5) is 0 Å². The summed E-state index contributed by atoms with van der Waals surface area (Å²) in [5.41, 5.74) is 4.81. The molecule has 6 heteroatoms. The molecule has 0 saturated carbocycles. The molecule has 6 nitrogen and oxygen atoms in total. The Morgan fingerprint density at radius 1 is 1.16 bits per heavy atom. The maximum atomic E-state index is 12.2. The van der Waals surface area contributed by atoms with Crippen LogP contribution in [0, 0.1) is 13.8 Å². The zero-order valence-electron chi connectivity index (χ0n) is 15.6. The molecule has 0 aliphatic heterocycles. The molecule has 0 bridgehead atoms. The Morgan fingerprint density at radius 2 is 1.80 bits per heavy atom. The third kappa shape index (κ3) is 4.47. The fourth-order valence-corrected chi connectivity index (χ4v) is 2.82. The standard InChI is InChI=1S/C19H26N4O2/c1-6-17-13(2)21-23(14(17)3)12-18(24)20-11-15-7-9-16(10-8-15)19(25)22(4)5/h7-10H,6,11-12H2,1-5H3,(H,20,24). The molecule has 0 atom stereocenters. The van der Waals surface area contributed by atoms with Crippen molar-refractivity contribution in [2.24, 2.45) is 0 Å². The van der Waals surface area contributed by atoms with E-state index >= 15 is 0 Å². The minimum Gasteiger partial charge on any atom is -0.350 e. The highest BCUT2D eigenvalue weighted by atomic mass is 16.2. The van der Waals surface area contributed by atoms with Gasteiger partial charge in [-0.25, -0.2) is 0 Å². The highest BCUT2D eigenvalue weighted by Crippen LogP contribution is 2.13. The zero-order chi connectivity index (χ0) is 18.6. The van der Waals surface area contributed by atoms with Crippen molar-refractivity contribution in [2.75, 3.05) is 14.1 Å². The lowest BCUT2D eigenvalue weighted by Crippen LogP contribution is -2.28. The molecule has 2 rings (SSSR count). The lowest BCUT2D eigenvalue weighted by Gasteiger charge is -2.11. The first-order valence-corrected chi connectivity index (χ1v) is 8.43. The molecule has 0 aliphatic rings. The number of nitrogens with zero attached hydrogens (tertiary/aromatic N) is 3. The molecule has 0 saturated heterocycles. The van der Waals surface area contributed by atoms with Crippen LogP contribution in [0.25, 0.3) is 0 Å². The van der Waals surface area contributed by atoms with Crippen LogP contribution in [0.5, 0.6) is 0 Å². The number of carbonyl (C=O) groups is 2. The molecule has 1 N–H and O–H groups in total. The molecule has 1 aromatic carbocycles. The van der Waals surface area contributed by atoms with Crippen molar-refractivity contribution >= 4 is 11.8 Å². The monoisotopic (exact) mass is 342 g/mol. The molecule has 0 spiro atoms. The highest BCUT2D eigenvalue weighted by molar-refractivity contribution is 5.93. The van der Waals surface area contributed by atoms with Crippen molar-refractivity contribution in [2.45, 2.75) is 40.3 Å². The Hall–Kier alpha value is -2.63. The molecular weight excluding hydrogens is 316 g/mol. The van der Waals surface area contributed by atoms with E-state index in [1.54, 1.807) is 30.9 Å². The number of rotatable bonds is 6. The Balaban J connectivity index is 1.93. The number of hydrogen-bond donors (Lipinski definition) is 1. The van der Waals surface area contributed by atoms with Gasteiger partial charge in [0.05, 0.1) is 5.69 Å². The van der Waals surface area contributed by atoms with Gasteiger partial charge in [0.25, 0.3) is 5.91 Å². The number of aromatic nitrogens is 2. The molecule has 1 heterocycles. The van der Waals surface area contributed by atoms with Crippen molar-refractivity contribution < 1.29 is 9.59 Å². The lowest BCUT2D eigenvalue weighted by molar-refractivity contribution is -0.122. The SMILES string of the molecule is CCc1c(C)nn(CC(=O)NCc2ccc(C(=O)N(C)C)cc2)c1C. The Kier molecular flexibility index (Phi) is 5.96. The van der Waals surface area contributed by atoms with Gasteiger partial charge in [-0.1, -0.05) is 19.1 Å². The van der Waals surface area contributed by atoms with E-state index < -0.39 is 0 Å². The maximum absolute atomic E-state index is 12.2. The van der Waals surface area contributed by atoms with Gasteiger partial charge in [0, 0.05) is 31.9 Å². The minimum atomic E-state index is -0.0818. The second-order valence-corrected chi connectivity index (χ2v) is 6.33. The number of nitrogens with one attached hydrogen (secondary N) is 1. The van der Waals surface area contributed by atoms with E-state index in [0.29, 0.717) is 12.1 Å². The van der Waals surface area contributed by atoms with Crippen LogP contribution >= 0.6 is 0 Å². The van der Waals surface area contributed by atoms with Gasteiger partial charge in [-0.15, -0.1) is 0 Å². The first-order chi connectivity index (χ1) is 11.8. The Labute approximate surface area is 148 Å². The predicted molar refractivity (Wildman–Crippen MR) is 97.4 cm³/mol. The summed E-state index contributed by atoms with van der Waals surface area (Å²) in [6.07, 6.45) is 0.914. The largest absolute Gasteiger partial charge is 0.350 e. The van der Waals surface area contributed by atoms with Crippen LogP contribution in [0.15, 0.2) is 24.3 Å². The first kappa shape index (κ1) is 18.7. The van der Waals surface area contributed by atoms with Crippen molar-refractivity contribution in [3.63, 3.8) is 0 Å². The van der Waals surface area contributed by atoms with Gasteiger partial charge >= 0.3 is 0 Å². The molecule has 0 radical (unpaired) electrons. The van der Waals surface area contributed by atoms with Crippen molar-refractivity contribution in [1.29, 1.82) is 0 Å². The van der Waals surface area contributed by atoms with Crippen molar-refractivity contribution in [1.82, 2.24) is 20.0 Å². The Bertz CT molecular complexity index is 760. The van der Waals surface area contributed by atoms with E-state index in [4.69, 9.17) is 0 Å². The molecule has 2 amide bonds. The Morgan fingerprint density at radius 3 is 2.32 bits per heavy atom. The van der Waals surface area contributed by atoms with E-state index in [2.05, 4.69) is 17.3 Å². The number of aryl methyl sites for hydroxylation is 1. The van der Waals surface area contributed by atoms with Gasteiger partial charge in [0.15, 0.2) is 0 Å². The van der Waals surface area contributed by atoms with Crippen molar-refractivity contribution in [3.8, 4) is 0 Å².